The highest BCUT2D eigenvalue weighted by atomic mass is 15.1. The maximum absolute atomic E-state index is 8.93. The lowest BCUT2D eigenvalue weighted by Crippen LogP contribution is -2.27. The first-order chi connectivity index (χ1) is 9.40. The van der Waals surface area contributed by atoms with Crippen molar-refractivity contribution in [2.24, 2.45) is 0 Å². The first-order valence-corrected chi connectivity index (χ1v) is 7.28. The molecule has 2 rings (SSSR count). The summed E-state index contributed by atoms with van der Waals surface area (Å²) >= 11 is 0. The van der Waals surface area contributed by atoms with Gasteiger partial charge in [-0.25, -0.2) is 0 Å². The summed E-state index contributed by atoms with van der Waals surface area (Å²) < 4.78 is 0. The molecule has 1 aliphatic heterocycles. The number of rotatable bonds is 7. The number of benzene rings is 1. The third kappa shape index (κ3) is 4.66. The van der Waals surface area contributed by atoms with E-state index in [0.717, 1.165) is 13.0 Å². The van der Waals surface area contributed by atoms with E-state index < -0.39 is 0 Å². The number of hydrogen-bond donors (Lipinski definition) is 1. The molecule has 102 valence electrons. The van der Waals surface area contributed by atoms with Crippen molar-refractivity contribution in [3.8, 4) is 6.07 Å². The molecule has 0 bridgehead atoms. The fourth-order valence-corrected chi connectivity index (χ4v) is 2.67. The molecule has 0 spiro atoms. The molecule has 3 heteroatoms. The Labute approximate surface area is 116 Å². The molecule has 1 atom stereocenters. The molecule has 1 fully saturated rings. The van der Waals surface area contributed by atoms with E-state index in [1.165, 1.54) is 38.0 Å². The van der Waals surface area contributed by atoms with Gasteiger partial charge in [-0.05, 0) is 51.0 Å². The molecule has 0 amide bonds. The molecule has 0 saturated carbocycles. The van der Waals surface area contributed by atoms with Gasteiger partial charge in [0.2, 0.25) is 0 Å². The number of nitrogens with one attached hydrogen (secondary N) is 1. The molecule has 1 saturated heterocycles. The van der Waals surface area contributed by atoms with Gasteiger partial charge in [-0.2, -0.15) is 5.26 Å². The van der Waals surface area contributed by atoms with E-state index in [-0.39, 0.29) is 6.04 Å². The zero-order chi connectivity index (χ0) is 13.3. The Balaban J connectivity index is 1.73. The average Bonchev–Trinajstić information content (AvgIpc) is 2.96. The third-order valence-corrected chi connectivity index (χ3v) is 3.74. The minimum Gasteiger partial charge on any atom is -0.309 e. The maximum atomic E-state index is 8.93. The summed E-state index contributed by atoms with van der Waals surface area (Å²) in [7, 11) is 0. The van der Waals surface area contributed by atoms with E-state index in [2.05, 4.69) is 28.4 Å². The number of likely N-dealkylation sites (tertiary alicyclic amines) is 1. The maximum Gasteiger partial charge on any atom is 0.0641 e. The summed E-state index contributed by atoms with van der Waals surface area (Å²) in [5.41, 5.74) is 1.21. The van der Waals surface area contributed by atoms with E-state index in [4.69, 9.17) is 5.26 Å². The Kier molecular flexibility index (Phi) is 5.87. The first-order valence-electron chi connectivity index (χ1n) is 7.28. The average molecular weight is 257 g/mol. The SMILES string of the molecule is N#CCC(NCCCN1CCCC1)c1ccccc1. The quantitative estimate of drug-likeness (QED) is 0.763. The largest absolute Gasteiger partial charge is 0.309 e. The number of hydrogen-bond acceptors (Lipinski definition) is 3. The second-order valence-corrected chi connectivity index (χ2v) is 5.18. The van der Waals surface area contributed by atoms with Crippen LogP contribution in [0.2, 0.25) is 0 Å². The summed E-state index contributed by atoms with van der Waals surface area (Å²) in [6.45, 7) is 4.69. The summed E-state index contributed by atoms with van der Waals surface area (Å²) in [6.07, 6.45) is 4.41. The smallest absolute Gasteiger partial charge is 0.0641 e. The molecule has 1 aromatic carbocycles. The second kappa shape index (κ2) is 7.93. The minimum absolute atomic E-state index is 0.171. The van der Waals surface area contributed by atoms with Gasteiger partial charge in [0.1, 0.15) is 0 Å². The predicted octanol–water partition coefficient (Wildman–Crippen LogP) is 2.72. The summed E-state index contributed by atoms with van der Waals surface area (Å²) in [4.78, 5) is 2.53. The lowest BCUT2D eigenvalue weighted by molar-refractivity contribution is 0.327. The molecule has 1 N–H and O–H groups in total. The lowest BCUT2D eigenvalue weighted by atomic mass is 10.0. The molecule has 0 aliphatic carbocycles. The highest BCUT2D eigenvalue weighted by molar-refractivity contribution is 5.19. The van der Waals surface area contributed by atoms with Gasteiger partial charge in [0.25, 0.3) is 0 Å². The Morgan fingerprint density at radius 2 is 1.95 bits per heavy atom. The van der Waals surface area contributed by atoms with Crippen molar-refractivity contribution >= 4 is 0 Å². The van der Waals surface area contributed by atoms with Gasteiger partial charge in [-0.3, -0.25) is 0 Å². The van der Waals surface area contributed by atoms with Crippen LogP contribution in [-0.4, -0.2) is 31.1 Å². The van der Waals surface area contributed by atoms with Crippen LogP contribution >= 0.6 is 0 Å². The zero-order valence-corrected chi connectivity index (χ0v) is 11.5. The Bertz CT molecular complexity index is 390. The minimum atomic E-state index is 0.171. The van der Waals surface area contributed by atoms with Gasteiger partial charge in [0, 0.05) is 6.04 Å². The van der Waals surface area contributed by atoms with Crippen LogP contribution in [0.1, 0.15) is 37.3 Å². The van der Waals surface area contributed by atoms with E-state index >= 15 is 0 Å². The van der Waals surface area contributed by atoms with Crippen LogP contribution < -0.4 is 5.32 Å². The fraction of sp³-hybridized carbons (Fsp3) is 0.562. The van der Waals surface area contributed by atoms with Crippen molar-refractivity contribution in [1.29, 1.82) is 5.26 Å². The number of nitriles is 1. The van der Waals surface area contributed by atoms with Gasteiger partial charge >= 0.3 is 0 Å². The van der Waals surface area contributed by atoms with E-state index in [0.29, 0.717) is 6.42 Å². The molecule has 0 radical (unpaired) electrons. The third-order valence-electron chi connectivity index (χ3n) is 3.74. The van der Waals surface area contributed by atoms with Gasteiger partial charge in [0.05, 0.1) is 12.5 Å². The Morgan fingerprint density at radius 1 is 1.21 bits per heavy atom. The van der Waals surface area contributed by atoms with Crippen LogP contribution in [0, 0.1) is 11.3 Å². The second-order valence-electron chi connectivity index (χ2n) is 5.18. The van der Waals surface area contributed by atoms with Crippen molar-refractivity contribution in [3.05, 3.63) is 35.9 Å². The Hall–Kier alpha value is -1.37. The highest BCUT2D eigenvalue weighted by Crippen LogP contribution is 2.15. The predicted molar refractivity (Wildman–Crippen MR) is 77.7 cm³/mol. The van der Waals surface area contributed by atoms with E-state index in [1.54, 1.807) is 0 Å². The van der Waals surface area contributed by atoms with Gasteiger partial charge < -0.3 is 10.2 Å². The van der Waals surface area contributed by atoms with Gasteiger partial charge in [0.15, 0.2) is 0 Å². The first kappa shape index (κ1) is 14.0. The van der Waals surface area contributed by atoms with Crippen LogP contribution in [0.5, 0.6) is 0 Å². The van der Waals surface area contributed by atoms with Crippen molar-refractivity contribution in [1.82, 2.24) is 10.2 Å². The summed E-state index contributed by atoms with van der Waals surface area (Å²) in [6, 6.07) is 12.7. The lowest BCUT2D eigenvalue weighted by Gasteiger charge is -2.18. The zero-order valence-electron chi connectivity index (χ0n) is 11.5. The normalized spacial score (nSPS) is 17.2. The molecule has 1 unspecified atom stereocenters. The Morgan fingerprint density at radius 3 is 2.63 bits per heavy atom. The summed E-state index contributed by atoms with van der Waals surface area (Å²) in [5, 5.41) is 12.4. The van der Waals surface area contributed by atoms with Crippen LogP contribution in [-0.2, 0) is 0 Å². The molecule has 1 heterocycles. The molecular weight excluding hydrogens is 234 g/mol. The van der Waals surface area contributed by atoms with Crippen LogP contribution in [0.3, 0.4) is 0 Å². The van der Waals surface area contributed by atoms with Crippen molar-refractivity contribution in [3.63, 3.8) is 0 Å². The fourth-order valence-electron chi connectivity index (χ4n) is 2.67. The van der Waals surface area contributed by atoms with Crippen molar-refractivity contribution in [2.75, 3.05) is 26.2 Å². The summed E-state index contributed by atoms with van der Waals surface area (Å²) in [5.74, 6) is 0. The van der Waals surface area contributed by atoms with Crippen LogP contribution in [0.25, 0.3) is 0 Å². The highest BCUT2D eigenvalue weighted by Gasteiger charge is 2.12. The van der Waals surface area contributed by atoms with Gasteiger partial charge in [-0.1, -0.05) is 30.3 Å². The molecule has 0 aromatic heterocycles. The standard InChI is InChI=1S/C16H23N3/c17-10-9-16(15-7-2-1-3-8-15)18-11-6-14-19-12-4-5-13-19/h1-3,7-8,16,18H,4-6,9,11-14H2. The molecule has 3 nitrogen and oxygen atoms in total. The van der Waals surface area contributed by atoms with E-state index in [1.807, 2.05) is 18.2 Å². The topological polar surface area (TPSA) is 39.1 Å². The van der Waals surface area contributed by atoms with E-state index in [9.17, 15) is 0 Å². The van der Waals surface area contributed by atoms with Crippen LogP contribution in [0.15, 0.2) is 30.3 Å². The van der Waals surface area contributed by atoms with Crippen molar-refractivity contribution in [2.45, 2.75) is 31.7 Å². The van der Waals surface area contributed by atoms with Crippen molar-refractivity contribution < 1.29 is 0 Å². The molecule has 1 aliphatic rings. The molecule has 19 heavy (non-hydrogen) atoms. The van der Waals surface area contributed by atoms with Crippen LogP contribution in [0.4, 0.5) is 0 Å². The number of nitrogens with zero attached hydrogens (tertiary/aromatic N) is 2. The molecule has 1 aromatic rings. The molecular formula is C16H23N3. The monoisotopic (exact) mass is 257 g/mol. The van der Waals surface area contributed by atoms with Gasteiger partial charge in [-0.15, -0.1) is 0 Å².